The molecule has 0 saturated carbocycles. The van der Waals surface area contributed by atoms with Crippen molar-refractivity contribution in [2.75, 3.05) is 18.0 Å². The Hall–Kier alpha value is -1.58. The molecule has 1 atom stereocenters. The Morgan fingerprint density at radius 3 is 3.00 bits per heavy atom. The van der Waals surface area contributed by atoms with E-state index >= 15 is 0 Å². The molecule has 1 aromatic heterocycles. The SMILES string of the molecule is CCCC1CCN(c2nc3c(cc2C(=N)N)CCCC3)C1. The number of hydrogen-bond donors (Lipinski definition) is 2. The maximum atomic E-state index is 7.90. The quantitative estimate of drug-likeness (QED) is 0.660. The van der Waals surface area contributed by atoms with Gasteiger partial charge >= 0.3 is 0 Å². The Labute approximate surface area is 127 Å². The highest BCUT2D eigenvalue weighted by Gasteiger charge is 2.26. The highest BCUT2D eigenvalue weighted by molar-refractivity contribution is 6.00. The monoisotopic (exact) mass is 286 g/mol. The molecule has 1 aromatic rings. The van der Waals surface area contributed by atoms with Crippen molar-refractivity contribution >= 4 is 11.7 Å². The van der Waals surface area contributed by atoms with E-state index in [1.54, 1.807) is 0 Å². The van der Waals surface area contributed by atoms with Gasteiger partial charge in [-0.3, -0.25) is 5.41 Å². The number of nitrogens with two attached hydrogens (primary N) is 1. The van der Waals surface area contributed by atoms with Crippen LogP contribution in [0.3, 0.4) is 0 Å². The predicted molar refractivity (Wildman–Crippen MR) is 87.1 cm³/mol. The highest BCUT2D eigenvalue weighted by atomic mass is 15.2. The van der Waals surface area contributed by atoms with E-state index in [-0.39, 0.29) is 5.84 Å². The third-order valence-corrected chi connectivity index (χ3v) is 4.85. The molecule has 1 fully saturated rings. The summed E-state index contributed by atoms with van der Waals surface area (Å²) in [5.41, 5.74) is 9.21. The van der Waals surface area contributed by atoms with E-state index in [0.717, 1.165) is 43.2 Å². The standard InChI is InChI=1S/C17H26N4/c1-2-5-12-8-9-21(11-12)17-14(16(18)19)10-13-6-3-4-7-15(13)20-17/h10,12H,2-9,11H2,1H3,(H3,18,19). The van der Waals surface area contributed by atoms with Gasteiger partial charge in [0.15, 0.2) is 0 Å². The molecule has 0 bridgehead atoms. The number of nitrogen functional groups attached to an aromatic ring is 1. The third-order valence-electron chi connectivity index (χ3n) is 4.85. The van der Waals surface area contributed by atoms with Crippen LogP contribution in [0.25, 0.3) is 0 Å². The van der Waals surface area contributed by atoms with Gasteiger partial charge < -0.3 is 10.6 Å². The first-order valence-electron chi connectivity index (χ1n) is 8.31. The van der Waals surface area contributed by atoms with Crippen molar-refractivity contribution in [3.63, 3.8) is 0 Å². The van der Waals surface area contributed by atoms with Crippen LogP contribution in [-0.2, 0) is 12.8 Å². The molecule has 1 aliphatic carbocycles. The molecule has 0 radical (unpaired) electrons. The molecule has 1 unspecified atom stereocenters. The van der Waals surface area contributed by atoms with E-state index in [2.05, 4.69) is 17.9 Å². The zero-order chi connectivity index (χ0) is 14.8. The second-order valence-electron chi connectivity index (χ2n) is 6.48. The lowest BCUT2D eigenvalue weighted by atomic mass is 9.94. The molecule has 1 aliphatic heterocycles. The number of fused-ring (bicyclic) bond motifs is 1. The van der Waals surface area contributed by atoms with E-state index < -0.39 is 0 Å². The van der Waals surface area contributed by atoms with Crippen molar-refractivity contribution in [1.82, 2.24) is 4.98 Å². The Morgan fingerprint density at radius 2 is 2.24 bits per heavy atom. The number of nitrogens with zero attached hydrogens (tertiary/aromatic N) is 2. The minimum Gasteiger partial charge on any atom is -0.384 e. The first kappa shape index (κ1) is 14.4. The summed E-state index contributed by atoms with van der Waals surface area (Å²) < 4.78 is 0. The van der Waals surface area contributed by atoms with Gasteiger partial charge in [-0.15, -0.1) is 0 Å². The van der Waals surface area contributed by atoms with Crippen LogP contribution >= 0.6 is 0 Å². The largest absolute Gasteiger partial charge is 0.384 e. The van der Waals surface area contributed by atoms with Crippen LogP contribution in [0.1, 0.15) is 55.8 Å². The van der Waals surface area contributed by atoms with E-state index in [1.807, 2.05) is 0 Å². The number of nitrogens with one attached hydrogen (secondary N) is 1. The Bertz CT molecular complexity index is 538. The summed E-state index contributed by atoms with van der Waals surface area (Å²) in [4.78, 5) is 7.27. The van der Waals surface area contributed by atoms with E-state index in [4.69, 9.17) is 16.1 Å². The first-order valence-corrected chi connectivity index (χ1v) is 8.31. The minimum absolute atomic E-state index is 0.157. The number of aromatic nitrogens is 1. The van der Waals surface area contributed by atoms with Gasteiger partial charge in [0.25, 0.3) is 0 Å². The molecule has 3 N–H and O–H groups in total. The Kier molecular flexibility index (Phi) is 4.13. The third kappa shape index (κ3) is 2.89. The first-order chi connectivity index (χ1) is 10.2. The summed E-state index contributed by atoms with van der Waals surface area (Å²) in [7, 11) is 0. The van der Waals surface area contributed by atoms with Crippen LogP contribution in [0.5, 0.6) is 0 Å². The van der Waals surface area contributed by atoms with Gasteiger partial charge in [-0.25, -0.2) is 4.98 Å². The summed E-state index contributed by atoms with van der Waals surface area (Å²) in [6.07, 6.45) is 8.40. The number of amidine groups is 1. The average molecular weight is 286 g/mol. The molecule has 4 nitrogen and oxygen atoms in total. The molecule has 21 heavy (non-hydrogen) atoms. The normalized spacial score (nSPS) is 21.4. The molecule has 2 aliphatic rings. The molecular formula is C17H26N4. The lowest BCUT2D eigenvalue weighted by Gasteiger charge is -2.24. The molecule has 3 rings (SSSR count). The lowest BCUT2D eigenvalue weighted by Crippen LogP contribution is -2.27. The zero-order valence-electron chi connectivity index (χ0n) is 13.0. The molecule has 0 amide bonds. The van der Waals surface area contributed by atoms with Crippen molar-refractivity contribution in [2.24, 2.45) is 11.7 Å². The van der Waals surface area contributed by atoms with Crippen LogP contribution in [-0.4, -0.2) is 23.9 Å². The molecule has 2 heterocycles. The van der Waals surface area contributed by atoms with E-state index in [1.165, 1.54) is 43.4 Å². The van der Waals surface area contributed by atoms with Gasteiger partial charge in [0, 0.05) is 18.8 Å². The number of aryl methyl sites for hydroxylation is 2. The van der Waals surface area contributed by atoms with Crippen molar-refractivity contribution in [3.05, 3.63) is 22.9 Å². The maximum absolute atomic E-state index is 7.90. The summed E-state index contributed by atoms with van der Waals surface area (Å²) in [6, 6.07) is 2.13. The van der Waals surface area contributed by atoms with Crippen LogP contribution in [0.4, 0.5) is 5.82 Å². The number of pyridine rings is 1. The predicted octanol–water partition coefficient (Wildman–Crippen LogP) is 2.87. The average Bonchev–Trinajstić information content (AvgIpc) is 2.94. The number of anilines is 1. The topological polar surface area (TPSA) is 66.0 Å². The van der Waals surface area contributed by atoms with Gasteiger partial charge in [-0.05, 0) is 56.1 Å². The second-order valence-corrected chi connectivity index (χ2v) is 6.48. The van der Waals surface area contributed by atoms with Crippen LogP contribution < -0.4 is 10.6 Å². The minimum atomic E-state index is 0.157. The summed E-state index contributed by atoms with van der Waals surface area (Å²) in [6.45, 7) is 4.37. The van der Waals surface area contributed by atoms with Gasteiger partial charge in [0.2, 0.25) is 0 Å². The maximum Gasteiger partial charge on any atom is 0.139 e. The molecule has 0 aromatic carbocycles. The summed E-state index contributed by atoms with van der Waals surface area (Å²) >= 11 is 0. The van der Waals surface area contributed by atoms with Gasteiger partial charge in [-0.1, -0.05) is 13.3 Å². The Morgan fingerprint density at radius 1 is 1.43 bits per heavy atom. The number of rotatable bonds is 4. The van der Waals surface area contributed by atoms with Gasteiger partial charge in [0.05, 0.1) is 5.56 Å². The second kappa shape index (κ2) is 6.04. The molecule has 4 heteroatoms. The fourth-order valence-electron chi connectivity index (χ4n) is 3.73. The fraction of sp³-hybridized carbons (Fsp3) is 0.647. The van der Waals surface area contributed by atoms with Crippen LogP contribution in [0.15, 0.2) is 6.07 Å². The highest BCUT2D eigenvalue weighted by Crippen LogP contribution is 2.31. The van der Waals surface area contributed by atoms with Crippen LogP contribution in [0, 0.1) is 11.3 Å². The summed E-state index contributed by atoms with van der Waals surface area (Å²) in [5, 5.41) is 7.90. The zero-order valence-corrected chi connectivity index (χ0v) is 13.0. The van der Waals surface area contributed by atoms with E-state index in [0.29, 0.717) is 0 Å². The molecule has 1 saturated heterocycles. The molecule has 0 spiro atoms. The fourth-order valence-corrected chi connectivity index (χ4v) is 3.73. The molecular weight excluding hydrogens is 260 g/mol. The van der Waals surface area contributed by atoms with Crippen molar-refractivity contribution < 1.29 is 0 Å². The van der Waals surface area contributed by atoms with Gasteiger partial charge in [-0.2, -0.15) is 0 Å². The number of hydrogen-bond acceptors (Lipinski definition) is 3. The van der Waals surface area contributed by atoms with E-state index in [9.17, 15) is 0 Å². The van der Waals surface area contributed by atoms with Crippen molar-refractivity contribution in [1.29, 1.82) is 5.41 Å². The molecule has 114 valence electrons. The summed E-state index contributed by atoms with van der Waals surface area (Å²) in [5.74, 6) is 1.89. The Balaban J connectivity index is 1.91. The van der Waals surface area contributed by atoms with Crippen molar-refractivity contribution in [3.8, 4) is 0 Å². The lowest BCUT2D eigenvalue weighted by molar-refractivity contribution is 0.529. The van der Waals surface area contributed by atoms with Crippen LogP contribution in [0.2, 0.25) is 0 Å². The van der Waals surface area contributed by atoms with Gasteiger partial charge in [0.1, 0.15) is 11.7 Å². The van der Waals surface area contributed by atoms with Crippen molar-refractivity contribution in [2.45, 2.75) is 51.9 Å². The smallest absolute Gasteiger partial charge is 0.139 e.